The van der Waals surface area contributed by atoms with Crippen molar-refractivity contribution in [1.29, 1.82) is 0 Å². The van der Waals surface area contributed by atoms with E-state index in [1.807, 2.05) is 30.3 Å². The Labute approximate surface area is 317 Å². The predicted octanol–water partition coefficient (Wildman–Crippen LogP) is 8.77. The van der Waals surface area contributed by atoms with E-state index in [4.69, 9.17) is 4.74 Å². The van der Waals surface area contributed by atoms with Gasteiger partial charge in [0.05, 0.1) is 9.79 Å². The molecule has 8 heteroatoms. The number of benzene rings is 5. The molecule has 6 rings (SSSR count). The van der Waals surface area contributed by atoms with Crippen molar-refractivity contribution >= 4 is 32.8 Å². The highest BCUT2D eigenvalue weighted by Crippen LogP contribution is 2.39. The van der Waals surface area contributed by atoms with Crippen LogP contribution in [0.4, 0.5) is 0 Å². The first-order valence-electron chi connectivity index (χ1n) is 18.4. The zero-order chi connectivity index (χ0) is 37.9. The third-order valence-corrected chi connectivity index (χ3v) is 12.4. The van der Waals surface area contributed by atoms with Gasteiger partial charge in [-0.1, -0.05) is 105 Å². The first-order valence-corrected chi connectivity index (χ1v) is 21.0. The van der Waals surface area contributed by atoms with Gasteiger partial charge in [-0.15, -0.1) is 0 Å². The van der Waals surface area contributed by atoms with E-state index >= 15 is 0 Å². The molecule has 0 saturated heterocycles. The summed E-state index contributed by atoms with van der Waals surface area (Å²) in [6, 6.07) is 29.4. The van der Waals surface area contributed by atoms with Crippen LogP contribution in [0, 0.1) is 33.6 Å². The molecule has 2 N–H and O–H groups in total. The monoisotopic (exact) mass is 747 g/mol. The summed E-state index contributed by atoms with van der Waals surface area (Å²) in [7, 11) is -3.93. The summed E-state index contributed by atoms with van der Waals surface area (Å²) in [6.45, 7) is 12.9. The zero-order valence-corrected chi connectivity index (χ0v) is 33.1. The number of hydrogen-bond acceptors (Lipinski definition) is 4. The maximum atomic E-state index is 13.5. The fourth-order valence-corrected chi connectivity index (χ4v) is 8.95. The second-order valence-electron chi connectivity index (χ2n) is 14.3. The summed E-state index contributed by atoms with van der Waals surface area (Å²) in [5.41, 5.74) is 10.1. The van der Waals surface area contributed by atoms with E-state index in [2.05, 4.69) is 94.8 Å². The number of ether oxygens (including phenoxy) is 1. The summed E-state index contributed by atoms with van der Waals surface area (Å²) in [4.78, 5) is -0.0238. The Balaban J connectivity index is 1.48. The van der Waals surface area contributed by atoms with Crippen molar-refractivity contribution in [2.24, 2.45) is 5.92 Å². The van der Waals surface area contributed by atoms with Gasteiger partial charge in [0, 0.05) is 28.5 Å². The summed E-state index contributed by atoms with van der Waals surface area (Å²) >= 11 is -2.49. The highest BCUT2D eigenvalue weighted by molar-refractivity contribution is 7.89. The number of rotatable bonds is 13. The Kier molecular flexibility index (Phi) is 11.8. The molecule has 5 aromatic carbocycles. The fourth-order valence-electron chi connectivity index (χ4n) is 7.15. The second kappa shape index (κ2) is 16.4. The van der Waals surface area contributed by atoms with E-state index in [1.54, 1.807) is 6.07 Å². The van der Waals surface area contributed by atoms with Crippen LogP contribution in [0.25, 0.3) is 11.6 Å². The number of aryl methyl sites for hydroxylation is 4. The summed E-state index contributed by atoms with van der Waals surface area (Å²) in [5, 5.41) is 1.70. The van der Waals surface area contributed by atoms with Gasteiger partial charge in [0.2, 0.25) is 10.0 Å². The van der Waals surface area contributed by atoms with E-state index in [9.17, 15) is 17.2 Å². The molecule has 0 aliphatic carbocycles. The molecule has 0 spiro atoms. The smallest absolute Gasteiger partial charge is 0.240 e. The van der Waals surface area contributed by atoms with Gasteiger partial charge in [-0.3, -0.25) is 0 Å². The molecule has 53 heavy (non-hydrogen) atoms. The molecule has 0 aromatic heterocycles. The van der Waals surface area contributed by atoms with Crippen LogP contribution in [0.2, 0.25) is 0 Å². The maximum Gasteiger partial charge on any atom is 0.240 e. The van der Waals surface area contributed by atoms with Crippen LogP contribution < -0.4 is 19.9 Å². The molecule has 1 heterocycles. The van der Waals surface area contributed by atoms with Gasteiger partial charge >= 0.3 is 0 Å². The lowest BCUT2D eigenvalue weighted by molar-refractivity contribution is 0.443. The average Bonchev–Trinajstić information content (AvgIpc) is 3.12. The first-order chi connectivity index (χ1) is 25.4. The molecule has 0 fully saturated rings. The number of fused-ring (bicyclic) bond motifs is 2. The standard InChI is InChI=1S/C45H49NO5S2/c1-7-9-10-33(8-2)28-46-53(49,50)38-17-20-41(44(27-38)52(47)48)45-39-18-13-34(23-36-15-11-29(3)21-31(36)5)25-42(39)51-43-26-35(14-19-40(43)45)24-37-16-12-30(4)22-32(37)6/h11-23,25-27,33,46H,7-10,24,28H2,1-6H3,(H,47,48)/b34-23+. The lowest BCUT2D eigenvalue weighted by Gasteiger charge is -2.23. The molecule has 2 unspecified atom stereocenters. The zero-order valence-electron chi connectivity index (χ0n) is 31.5. The van der Waals surface area contributed by atoms with Gasteiger partial charge in [-0.05, 0) is 116 Å². The van der Waals surface area contributed by atoms with Crippen molar-refractivity contribution in [1.82, 2.24) is 4.72 Å². The normalized spacial score (nSPS) is 14.0. The molecular weight excluding hydrogens is 699 g/mol. The molecule has 1 aliphatic heterocycles. The lowest BCUT2D eigenvalue weighted by Crippen LogP contribution is -2.29. The van der Waals surface area contributed by atoms with Crippen molar-refractivity contribution in [2.45, 2.75) is 83.4 Å². The number of hydrogen-bond donors (Lipinski definition) is 2. The van der Waals surface area contributed by atoms with Gasteiger partial charge in [-0.2, -0.15) is 0 Å². The first kappa shape index (κ1) is 38.4. The Morgan fingerprint density at radius 1 is 0.811 bits per heavy atom. The van der Waals surface area contributed by atoms with Crippen molar-refractivity contribution in [3.05, 3.63) is 152 Å². The molecular formula is C45H49NO5S2. The number of unbranched alkanes of at least 4 members (excludes halogenated alkanes) is 1. The molecule has 2 atom stereocenters. The summed E-state index contributed by atoms with van der Waals surface area (Å²) in [5.74, 6) is 1.46. The average molecular weight is 748 g/mol. The van der Waals surface area contributed by atoms with Crippen molar-refractivity contribution in [3.63, 3.8) is 0 Å². The minimum absolute atomic E-state index is 0.0185. The quantitative estimate of drug-likeness (QED) is 0.115. The van der Waals surface area contributed by atoms with Crippen LogP contribution in [0.1, 0.15) is 89.6 Å². The van der Waals surface area contributed by atoms with Gasteiger partial charge in [0.15, 0.2) is 11.1 Å². The van der Waals surface area contributed by atoms with Crippen molar-refractivity contribution < 1.29 is 21.9 Å². The van der Waals surface area contributed by atoms with E-state index < -0.39 is 21.1 Å². The lowest BCUT2D eigenvalue weighted by atomic mass is 9.90. The molecule has 0 radical (unpaired) electrons. The third-order valence-electron chi connectivity index (χ3n) is 10.3. The molecule has 1 aliphatic rings. The number of sulfonamides is 1. The molecule has 0 saturated carbocycles. The van der Waals surface area contributed by atoms with Crippen LogP contribution in [-0.4, -0.2) is 23.7 Å². The maximum absolute atomic E-state index is 13.5. The van der Waals surface area contributed by atoms with Gasteiger partial charge < -0.3 is 9.29 Å². The predicted molar refractivity (Wildman–Crippen MR) is 216 cm³/mol. The number of nitrogens with one attached hydrogen (secondary N) is 1. The molecule has 6 nitrogen and oxygen atoms in total. The van der Waals surface area contributed by atoms with Crippen LogP contribution in [0.3, 0.4) is 0 Å². The van der Waals surface area contributed by atoms with E-state index in [1.165, 1.54) is 39.9 Å². The van der Waals surface area contributed by atoms with Gasteiger partial charge in [0.1, 0.15) is 11.5 Å². The van der Waals surface area contributed by atoms with E-state index in [0.717, 1.165) is 52.8 Å². The van der Waals surface area contributed by atoms with Crippen molar-refractivity contribution in [2.75, 3.05) is 6.54 Å². The third kappa shape index (κ3) is 8.73. The molecule has 276 valence electrons. The Morgan fingerprint density at radius 2 is 1.55 bits per heavy atom. The molecule has 0 amide bonds. The summed E-state index contributed by atoms with van der Waals surface area (Å²) < 4.78 is 60.2. The fraction of sp³-hybridized carbons (Fsp3) is 0.289. The van der Waals surface area contributed by atoms with Gasteiger partial charge in [-0.25, -0.2) is 17.3 Å². The van der Waals surface area contributed by atoms with Crippen LogP contribution in [0.15, 0.2) is 101 Å². The molecule has 0 bridgehead atoms. The van der Waals surface area contributed by atoms with E-state index in [0.29, 0.717) is 35.6 Å². The Bertz CT molecular complexity index is 2430. The molecule has 5 aromatic rings. The highest BCUT2D eigenvalue weighted by atomic mass is 32.2. The Hall–Kier alpha value is -4.34. The van der Waals surface area contributed by atoms with Crippen LogP contribution in [-0.2, 0) is 27.5 Å². The topological polar surface area (TPSA) is 92.7 Å². The van der Waals surface area contributed by atoms with Crippen molar-refractivity contribution in [3.8, 4) is 11.5 Å². The van der Waals surface area contributed by atoms with Crippen LogP contribution in [0.5, 0.6) is 11.5 Å². The Morgan fingerprint density at radius 3 is 2.25 bits per heavy atom. The second-order valence-corrected chi connectivity index (χ2v) is 17.1. The van der Waals surface area contributed by atoms with E-state index in [-0.39, 0.29) is 15.7 Å². The van der Waals surface area contributed by atoms with Crippen LogP contribution >= 0.6 is 0 Å². The minimum atomic E-state index is -3.93. The minimum Gasteiger partial charge on any atom is -0.456 e. The largest absolute Gasteiger partial charge is 0.456 e. The summed E-state index contributed by atoms with van der Waals surface area (Å²) in [6.07, 6.45) is 6.72. The highest BCUT2D eigenvalue weighted by Gasteiger charge is 2.26. The van der Waals surface area contributed by atoms with Gasteiger partial charge in [0.25, 0.3) is 0 Å². The SMILES string of the molecule is CCCCC(CC)CNS(=O)(=O)c1ccc(C2=c3cc/c(=C\c4ccc(C)cc4C)cc3Oc3cc(Cc4ccc(C)cc4C)ccc32)c(S(=O)O)c1.